The third kappa shape index (κ3) is 1.72. The Kier molecular flexibility index (Phi) is 2.44. The molecule has 0 radical (unpaired) electrons. The first-order chi connectivity index (χ1) is 7.09. The molecule has 1 fully saturated rings. The molecule has 1 aliphatic rings. The molecule has 15 heavy (non-hydrogen) atoms. The van der Waals surface area contributed by atoms with Gasteiger partial charge in [0.1, 0.15) is 0 Å². The van der Waals surface area contributed by atoms with Crippen molar-refractivity contribution < 1.29 is 10.0 Å². The van der Waals surface area contributed by atoms with Crippen molar-refractivity contribution in [2.45, 2.75) is 38.3 Å². The monoisotopic (exact) mass is 211 g/mol. The lowest BCUT2D eigenvalue weighted by Crippen LogP contribution is -2.18. The number of aliphatic hydroxyl groups excluding tert-OH is 1. The van der Waals surface area contributed by atoms with Crippen LogP contribution in [-0.4, -0.2) is 25.9 Å². The number of aromatic nitrogens is 2. The van der Waals surface area contributed by atoms with E-state index in [1.54, 1.807) is 13.1 Å². The van der Waals surface area contributed by atoms with Crippen LogP contribution in [0.1, 0.15) is 30.9 Å². The fourth-order valence-corrected chi connectivity index (χ4v) is 2.05. The minimum atomic E-state index is -0.493. The summed E-state index contributed by atoms with van der Waals surface area (Å²) in [4.78, 5) is 10.1. The number of nitro groups is 1. The van der Waals surface area contributed by atoms with Crippen molar-refractivity contribution in [1.82, 2.24) is 9.78 Å². The lowest BCUT2D eigenvalue weighted by atomic mass is 10.2. The molecule has 6 heteroatoms. The predicted molar refractivity (Wildman–Crippen MR) is 52.5 cm³/mol. The van der Waals surface area contributed by atoms with Gasteiger partial charge < -0.3 is 15.2 Å². The number of hydrogen-bond donors (Lipinski definition) is 1. The maximum atomic E-state index is 10.6. The van der Waals surface area contributed by atoms with Crippen LogP contribution < -0.4 is 0 Å². The molecular formula is C9H13N3O3. The summed E-state index contributed by atoms with van der Waals surface area (Å²) in [6, 6.07) is -0.0996. The highest BCUT2D eigenvalue weighted by Crippen LogP contribution is 2.31. The first kappa shape index (κ1) is 10.1. The molecule has 1 aromatic heterocycles. The van der Waals surface area contributed by atoms with Crippen molar-refractivity contribution in [1.29, 1.82) is 0 Å². The van der Waals surface area contributed by atoms with Gasteiger partial charge in [-0.05, 0) is 31.1 Å². The van der Waals surface area contributed by atoms with Gasteiger partial charge in [-0.25, -0.2) is 0 Å². The van der Waals surface area contributed by atoms with E-state index in [9.17, 15) is 15.2 Å². The Bertz CT molecular complexity index is 388. The Morgan fingerprint density at radius 3 is 2.87 bits per heavy atom. The molecule has 2 unspecified atom stereocenters. The van der Waals surface area contributed by atoms with Gasteiger partial charge in [0.05, 0.1) is 29.0 Å². The minimum absolute atomic E-state index is 0.0996. The van der Waals surface area contributed by atoms with Crippen molar-refractivity contribution >= 4 is 5.82 Å². The topological polar surface area (TPSA) is 81.2 Å². The van der Waals surface area contributed by atoms with Crippen molar-refractivity contribution in [2.24, 2.45) is 0 Å². The number of hydrogen-bond acceptors (Lipinski definition) is 4. The number of aryl methyl sites for hydroxylation is 1. The molecule has 2 rings (SSSR count). The molecule has 6 nitrogen and oxygen atoms in total. The van der Waals surface area contributed by atoms with Crippen LogP contribution in [0.15, 0.2) is 6.20 Å². The fourth-order valence-electron chi connectivity index (χ4n) is 2.05. The molecule has 1 heterocycles. The van der Waals surface area contributed by atoms with E-state index in [2.05, 4.69) is 5.10 Å². The van der Waals surface area contributed by atoms with Gasteiger partial charge in [0.25, 0.3) is 0 Å². The number of rotatable bonds is 2. The molecule has 1 aliphatic carbocycles. The molecule has 0 aliphatic heterocycles. The molecule has 1 aromatic rings. The summed E-state index contributed by atoms with van der Waals surface area (Å²) >= 11 is 0. The molecule has 0 bridgehead atoms. The van der Waals surface area contributed by atoms with Crippen LogP contribution in [0.5, 0.6) is 0 Å². The largest absolute Gasteiger partial charge is 0.392 e. The standard InChI is InChI=1S/C9H13N3O3/c1-6-5-11(10-9(6)12(14)15)7-3-2-4-8(7)13/h5,7-8,13H,2-4H2,1H3. The third-order valence-electron chi connectivity index (χ3n) is 2.85. The van der Waals surface area contributed by atoms with Gasteiger partial charge in [-0.3, -0.25) is 0 Å². The molecule has 2 atom stereocenters. The Morgan fingerprint density at radius 1 is 1.67 bits per heavy atom. The average Bonchev–Trinajstić information content (AvgIpc) is 2.71. The molecule has 1 N–H and O–H groups in total. The molecule has 0 spiro atoms. The molecule has 0 saturated heterocycles. The predicted octanol–water partition coefficient (Wildman–Crippen LogP) is 1.19. The Labute approximate surface area is 86.7 Å². The van der Waals surface area contributed by atoms with Crippen molar-refractivity contribution in [3.05, 3.63) is 21.9 Å². The summed E-state index contributed by atoms with van der Waals surface area (Å²) in [6.45, 7) is 1.66. The van der Waals surface area contributed by atoms with Crippen LogP contribution in [0.25, 0.3) is 0 Å². The highest BCUT2D eigenvalue weighted by Gasteiger charge is 2.31. The summed E-state index contributed by atoms with van der Waals surface area (Å²) in [6.07, 6.45) is 3.73. The normalized spacial score (nSPS) is 25.7. The lowest BCUT2D eigenvalue weighted by Gasteiger charge is -2.10. The SMILES string of the molecule is Cc1cn(C2CCCC2O)nc1[N+](=O)[O-]. The lowest BCUT2D eigenvalue weighted by molar-refractivity contribution is -0.390. The van der Waals surface area contributed by atoms with Gasteiger partial charge in [-0.2, -0.15) is 4.68 Å². The number of aliphatic hydroxyl groups is 1. The van der Waals surface area contributed by atoms with Crippen molar-refractivity contribution in [2.75, 3.05) is 0 Å². The summed E-state index contributed by atoms with van der Waals surface area (Å²) < 4.78 is 1.53. The van der Waals surface area contributed by atoms with E-state index >= 15 is 0 Å². The highest BCUT2D eigenvalue weighted by molar-refractivity contribution is 5.28. The van der Waals surface area contributed by atoms with Crippen molar-refractivity contribution in [3.63, 3.8) is 0 Å². The summed E-state index contributed by atoms with van der Waals surface area (Å²) in [5.74, 6) is -0.117. The second-order valence-corrected chi connectivity index (χ2v) is 3.94. The number of nitrogens with zero attached hydrogens (tertiary/aromatic N) is 3. The zero-order valence-corrected chi connectivity index (χ0v) is 8.46. The fraction of sp³-hybridized carbons (Fsp3) is 0.667. The Balaban J connectivity index is 2.29. The maximum absolute atomic E-state index is 10.6. The second-order valence-electron chi connectivity index (χ2n) is 3.94. The molecule has 82 valence electrons. The van der Waals surface area contributed by atoms with E-state index in [0.29, 0.717) is 5.56 Å². The summed E-state index contributed by atoms with van der Waals surface area (Å²) in [5.41, 5.74) is 0.541. The molecule has 1 saturated carbocycles. The maximum Gasteiger partial charge on any atom is 0.392 e. The van der Waals surface area contributed by atoms with E-state index in [-0.39, 0.29) is 11.9 Å². The average molecular weight is 211 g/mol. The van der Waals surface area contributed by atoms with Crippen LogP contribution in [0, 0.1) is 17.0 Å². The van der Waals surface area contributed by atoms with Gasteiger partial charge in [0.2, 0.25) is 0 Å². The smallest absolute Gasteiger partial charge is 0.391 e. The van der Waals surface area contributed by atoms with Gasteiger partial charge in [0.15, 0.2) is 0 Å². The van der Waals surface area contributed by atoms with Crippen LogP contribution in [0.2, 0.25) is 0 Å². The molecule has 0 amide bonds. The van der Waals surface area contributed by atoms with E-state index in [4.69, 9.17) is 0 Å². The van der Waals surface area contributed by atoms with E-state index in [0.717, 1.165) is 19.3 Å². The Hall–Kier alpha value is -1.43. The second kappa shape index (κ2) is 3.62. The zero-order valence-electron chi connectivity index (χ0n) is 8.46. The van der Waals surface area contributed by atoms with Crippen LogP contribution in [0.4, 0.5) is 5.82 Å². The highest BCUT2D eigenvalue weighted by atomic mass is 16.6. The zero-order chi connectivity index (χ0) is 11.0. The first-order valence-corrected chi connectivity index (χ1v) is 4.98. The third-order valence-corrected chi connectivity index (χ3v) is 2.85. The Morgan fingerprint density at radius 2 is 2.40 bits per heavy atom. The van der Waals surface area contributed by atoms with E-state index in [1.807, 2.05) is 0 Å². The van der Waals surface area contributed by atoms with E-state index in [1.165, 1.54) is 4.68 Å². The summed E-state index contributed by atoms with van der Waals surface area (Å²) in [5, 5.41) is 24.1. The first-order valence-electron chi connectivity index (χ1n) is 4.98. The molecule has 0 aromatic carbocycles. The van der Waals surface area contributed by atoms with E-state index < -0.39 is 11.0 Å². The van der Waals surface area contributed by atoms with Gasteiger partial charge in [-0.1, -0.05) is 0 Å². The van der Waals surface area contributed by atoms with Crippen LogP contribution in [-0.2, 0) is 0 Å². The quantitative estimate of drug-likeness (QED) is 0.588. The molecular weight excluding hydrogens is 198 g/mol. The van der Waals surface area contributed by atoms with Gasteiger partial charge in [0, 0.05) is 0 Å². The van der Waals surface area contributed by atoms with Crippen LogP contribution in [0.3, 0.4) is 0 Å². The van der Waals surface area contributed by atoms with Gasteiger partial charge >= 0.3 is 5.82 Å². The summed E-state index contributed by atoms with van der Waals surface area (Å²) in [7, 11) is 0. The van der Waals surface area contributed by atoms with Crippen molar-refractivity contribution in [3.8, 4) is 0 Å². The van der Waals surface area contributed by atoms with Gasteiger partial charge in [-0.15, -0.1) is 0 Å². The van der Waals surface area contributed by atoms with Crippen LogP contribution >= 0.6 is 0 Å². The minimum Gasteiger partial charge on any atom is -0.391 e.